The first kappa shape index (κ1) is 13.5. The molecule has 1 fully saturated rings. The molecule has 1 rings (SSSR count). The van der Waals surface area contributed by atoms with Gasteiger partial charge >= 0.3 is 0 Å². The second-order valence-corrected chi connectivity index (χ2v) is 3.13. The Morgan fingerprint density at radius 1 is 1.09 bits per heavy atom. The van der Waals surface area contributed by atoms with Gasteiger partial charge in [0.2, 0.25) is 0 Å². The predicted molar refractivity (Wildman–Crippen MR) is 50.8 cm³/mol. The molecule has 0 atom stereocenters. The average molecular weight is 161 g/mol. The summed E-state index contributed by atoms with van der Waals surface area (Å²) >= 11 is 0. The summed E-state index contributed by atoms with van der Waals surface area (Å²) < 4.78 is 0. The van der Waals surface area contributed by atoms with Crippen molar-refractivity contribution >= 4 is 0 Å². The van der Waals surface area contributed by atoms with Gasteiger partial charge in [-0.15, -0.1) is 0 Å². The van der Waals surface area contributed by atoms with Crippen LogP contribution in [-0.4, -0.2) is 37.8 Å². The molecule has 2 heteroatoms. The maximum Gasteiger partial charge on any atom is 0.0428 e. The van der Waals surface area contributed by atoms with Gasteiger partial charge in [-0.05, 0) is 27.6 Å². The summed E-state index contributed by atoms with van der Waals surface area (Å²) in [5.74, 6) is 0. The Morgan fingerprint density at radius 3 is 1.27 bits per heavy atom. The summed E-state index contributed by atoms with van der Waals surface area (Å²) in [6, 6.07) is 0. The molecule has 70 valence electrons. The lowest BCUT2D eigenvalue weighted by Gasteiger charge is -1.90. The summed E-state index contributed by atoms with van der Waals surface area (Å²) in [5.41, 5.74) is 0. The van der Waals surface area contributed by atoms with E-state index in [1.165, 1.54) is 19.3 Å². The Labute approximate surface area is 71.2 Å². The van der Waals surface area contributed by atoms with Crippen molar-refractivity contribution in [1.29, 1.82) is 0 Å². The van der Waals surface area contributed by atoms with Crippen molar-refractivity contribution in [2.24, 2.45) is 0 Å². The zero-order valence-corrected chi connectivity index (χ0v) is 8.43. The highest BCUT2D eigenvalue weighted by Gasteiger charge is 1.95. The molecule has 2 nitrogen and oxygen atoms in total. The van der Waals surface area contributed by atoms with Crippen LogP contribution in [0.4, 0.5) is 0 Å². The standard InChI is InChI=1S/C3H9N.C3H8O.C3H6/c1-4(2)3;1-2-3-4;1-2-3-1/h1-3H3;4H,2-3H2,1H3;1-3H2. The van der Waals surface area contributed by atoms with Crippen molar-refractivity contribution in [2.45, 2.75) is 32.6 Å². The van der Waals surface area contributed by atoms with Crippen LogP contribution in [0.1, 0.15) is 32.6 Å². The number of aliphatic hydroxyl groups excluding tert-OH is 1. The van der Waals surface area contributed by atoms with Crippen molar-refractivity contribution in [3.05, 3.63) is 0 Å². The van der Waals surface area contributed by atoms with Gasteiger partial charge in [0.15, 0.2) is 0 Å². The van der Waals surface area contributed by atoms with Crippen LogP contribution >= 0.6 is 0 Å². The molecule has 1 N–H and O–H groups in total. The summed E-state index contributed by atoms with van der Waals surface area (Å²) in [5, 5.41) is 7.88. The van der Waals surface area contributed by atoms with Gasteiger partial charge in [0.05, 0.1) is 0 Å². The van der Waals surface area contributed by atoms with Crippen molar-refractivity contribution in [3.63, 3.8) is 0 Å². The van der Waals surface area contributed by atoms with Crippen molar-refractivity contribution in [1.82, 2.24) is 4.90 Å². The van der Waals surface area contributed by atoms with Crippen LogP contribution in [0.25, 0.3) is 0 Å². The molecule has 0 bridgehead atoms. The number of hydrogen-bond donors (Lipinski definition) is 1. The average Bonchev–Trinajstić information content (AvgIpc) is 2.70. The first-order valence-electron chi connectivity index (χ1n) is 4.36. The largest absolute Gasteiger partial charge is 0.396 e. The molecule has 1 saturated carbocycles. The number of hydrogen-bond acceptors (Lipinski definition) is 2. The monoisotopic (exact) mass is 161 g/mol. The highest BCUT2D eigenvalue weighted by atomic mass is 16.2. The Kier molecular flexibility index (Phi) is 15.4. The zero-order chi connectivity index (χ0) is 9.11. The molecular weight excluding hydrogens is 138 g/mol. The summed E-state index contributed by atoms with van der Waals surface area (Å²) in [4.78, 5) is 2.00. The Morgan fingerprint density at radius 2 is 1.27 bits per heavy atom. The van der Waals surface area contributed by atoms with Crippen molar-refractivity contribution in [2.75, 3.05) is 27.7 Å². The number of aliphatic hydroxyl groups is 1. The highest BCUT2D eigenvalue weighted by molar-refractivity contribution is 4.50. The zero-order valence-electron chi connectivity index (χ0n) is 8.43. The van der Waals surface area contributed by atoms with E-state index in [1.54, 1.807) is 0 Å². The summed E-state index contributed by atoms with van der Waals surface area (Å²) in [6.07, 6.45) is 5.38. The quantitative estimate of drug-likeness (QED) is 0.633. The third-order valence-electron chi connectivity index (χ3n) is 0.577. The molecule has 0 aromatic rings. The number of rotatable bonds is 1. The maximum atomic E-state index is 7.88. The third-order valence-corrected chi connectivity index (χ3v) is 0.577. The second-order valence-electron chi connectivity index (χ2n) is 3.13. The summed E-state index contributed by atoms with van der Waals surface area (Å²) in [7, 11) is 6.00. The topological polar surface area (TPSA) is 23.5 Å². The van der Waals surface area contributed by atoms with Crippen LogP contribution in [0.3, 0.4) is 0 Å². The van der Waals surface area contributed by atoms with Gasteiger partial charge in [0, 0.05) is 6.61 Å². The van der Waals surface area contributed by atoms with Crippen LogP contribution in [0.5, 0.6) is 0 Å². The molecule has 0 radical (unpaired) electrons. The number of nitrogens with zero attached hydrogens (tertiary/aromatic N) is 1. The first-order chi connectivity index (χ1) is 5.15. The van der Waals surface area contributed by atoms with Gasteiger partial charge in [-0.1, -0.05) is 26.2 Å². The van der Waals surface area contributed by atoms with E-state index in [9.17, 15) is 0 Å². The molecule has 11 heavy (non-hydrogen) atoms. The molecule has 0 aromatic heterocycles. The van der Waals surface area contributed by atoms with Crippen LogP contribution < -0.4 is 0 Å². The fraction of sp³-hybridized carbons (Fsp3) is 1.00. The lowest BCUT2D eigenvalue weighted by molar-refractivity contribution is 0.295. The molecule has 1 aliphatic rings. The van der Waals surface area contributed by atoms with Crippen molar-refractivity contribution < 1.29 is 5.11 Å². The lowest BCUT2D eigenvalue weighted by Crippen LogP contribution is -1.99. The van der Waals surface area contributed by atoms with E-state index >= 15 is 0 Å². The molecule has 0 aromatic carbocycles. The maximum absolute atomic E-state index is 7.88. The molecule has 0 spiro atoms. The van der Waals surface area contributed by atoms with E-state index in [0.717, 1.165) is 6.42 Å². The molecule has 0 aliphatic heterocycles. The first-order valence-corrected chi connectivity index (χ1v) is 4.36. The van der Waals surface area contributed by atoms with Crippen molar-refractivity contribution in [3.8, 4) is 0 Å². The van der Waals surface area contributed by atoms with E-state index in [-0.39, 0.29) is 0 Å². The van der Waals surface area contributed by atoms with Crippen LogP contribution in [0, 0.1) is 0 Å². The molecule has 0 amide bonds. The molecule has 0 saturated heterocycles. The van der Waals surface area contributed by atoms with Gasteiger partial charge in [-0.2, -0.15) is 0 Å². The Bertz CT molecular complexity index is 46.0. The van der Waals surface area contributed by atoms with Crippen LogP contribution in [-0.2, 0) is 0 Å². The van der Waals surface area contributed by atoms with Crippen LogP contribution in [0.15, 0.2) is 0 Å². The van der Waals surface area contributed by atoms with E-state index in [0.29, 0.717) is 6.61 Å². The fourth-order valence-corrected chi connectivity index (χ4v) is 0. The normalized spacial score (nSPS) is 12.5. The minimum Gasteiger partial charge on any atom is -0.396 e. The van der Waals surface area contributed by atoms with Gasteiger partial charge in [-0.3, -0.25) is 0 Å². The molecule has 1 aliphatic carbocycles. The van der Waals surface area contributed by atoms with E-state index in [1.807, 2.05) is 33.0 Å². The Hall–Kier alpha value is -0.0800. The molecular formula is C9H23NO. The molecule has 0 heterocycles. The minimum absolute atomic E-state index is 0.319. The predicted octanol–water partition coefficient (Wildman–Crippen LogP) is 1.74. The van der Waals surface area contributed by atoms with E-state index < -0.39 is 0 Å². The van der Waals surface area contributed by atoms with Gasteiger partial charge in [0.25, 0.3) is 0 Å². The Balaban J connectivity index is 0. The fourth-order valence-electron chi connectivity index (χ4n) is 0. The van der Waals surface area contributed by atoms with Gasteiger partial charge < -0.3 is 10.0 Å². The summed E-state index contributed by atoms with van der Waals surface area (Å²) in [6.45, 7) is 2.25. The smallest absolute Gasteiger partial charge is 0.0428 e. The van der Waals surface area contributed by atoms with E-state index in [4.69, 9.17) is 5.11 Å². The minimum atomic E-state index is 0.319. The second kappa shape index (κ2) is 12.6. The van der Waals surface area contributed by atoms with E-state index in [2.05, 4.69) is 0 Å². The van der Waals surface area contributed by atoms with Gasteiger partial charge in [-0.25, -0.2) is 0 Å². The highest BCUT2D eigenvalue weighted by Crippen LogP contribution is 2.14. The lowest BCUT2D eigenvalue weighted by atomic mass is 10.5. The van der Waals surface area contributed by atoms with Gasteiger partial charge in [0.1, 0.15) is 0 Å². The molecule has 0 unspecified atom stereocenters. The SMILES string of the molecule is C1CC1.CCCO.CN(C)C. The third kappa shape index (κ3) is 169. The van der Waals surface area contributed by atoms with Crippen LogP contribution in [0.2, 0.25) is 0 Å².